The minimum atomic E-state index is -3.94. The molecule has 1 atom stereocenters. The van der Waals surface area contributed by atoms with Gasteiger partial charge in [0.05, 0.1) is 0 Å². The lowest BCUT2D eigenvalue weighted by Crippen LogP contribution is -2.31. The molecule has 2 aromatic carbocycles. The van der Waals surface area contributed by atoms with Gasteiger partial charge in [-0.1, -0.05) is 29.8 Å². The second-order valence-corrected chi connectivity index (χ2v) is 7.93. The van der Waals surface area contributed by atoms with E-state index in [0.29, 0.717) is 6.54 Å². The molecule has 132 valence electrons. The van der Waals surface area contributed by atoms with Crippen LogP contribution in [-0.4, -0.2) is 27.4 Å². The molecule has 1 heterocycles. The Balaban J connectivity index is 1.66. The van der Waals surface area contributed by atoms with Gasteiger partial charge in [-0.2, -0.15) is 0 Å². The Morgan fingerprint density at radius 2 is 1.84 bits per heavy atom. The Morgan fingerprint density at radius 1 is 1.16 bits per heavy atom. The molecule has 0 saturated carbocycles. The summed E-state index contributed by atoms with van der Waals surface area (Å²) in [5.41, 5.74) is 1.90. The molecule has 3 rings (SSSR count). The van der Waals surface area contributed by atoms with E-state index in [4.69, 9.17) is 0 Å². The van der Waals surface area contributed by atoms with Gasteiger partial charge >= 0.3 is 0 Å². The Morgan fingerprint density at radius 3 is 2.52 bits per heavy atom. The predicted octanol–water partition coefficient (Wildman–Crippen LogP) is 2.47. The molecule has 1 fully saturated rings. The van der Waals surface area contributed by atoms with Crippen LogP contribution in [0.15, 0.2) is 53.4 Å². The summed E-state index contributed by atoms with van der Waals surface area (Å²) in [6, 6.07) is 12.8. The molecule has 0 bridgehead atoms. The van der Waals surface area contributed by atoms with Crippen LogP contribution in [0.5, 0.6) is 0 Å². The van der Waals surface area contributed by atoms with Crippen molar-refractivity contribution >= 4 is 21.6 Å². The fourth-order valence-electron chi connectivity index (χ4n) is 2.86. The zero-order chi connectivity index (χ0) is 18.0. The highest BCUT2D eigenvalue weighted by Gasteiger charge is 2.31. The summed E-state index contributed by atoms with van der Waals surface area (Å²) in [6.07, 6.45) is 0.258. The maximum Gasteiger partial charge on any atom is 0.243 e. The molecule has 1 unspecified atom stereocenters. The average Bonchev–Trinajstić information content (AvgIpc) is 2.95. The molecule has 0 spiro atoms. The van der Waals surface area contributed by atoms with Crippen molar-refractivity contribution in [2.24, 2.45) is 5.92 Å². The molecule has 0 aromatic heterocycles. The topological polar surface area (TPSA) is 66.5 Å². The minimum absolute atomic E-state index is 0.0426. The summed E-state index contributed by atoms with van der Waals surface area (Å²) in [4.78, 5) is 13.5. The lowest BCUT2D eigenvalue weighted by molar-refractivity contribution is -0.117. The first-order valence-electron chi connectivity index (χ1n) is 7.98. The Labute approximate surface area is 146 Å². The summed E-state index contributed by atoms with van der Waals surface area (Å²) in [7, 11) is -3.94. The Bertz CT molecular complexity index is 881. The summed E-state index contributed by atoms with van der Waals surface area (Å²) in [5, 5.41) is 0. The molecule has 2 aromatic rings. The van der Waals surface area contributed by atoms with Gasteiger partial charge in [-0.3, -0.25) is 4.79 Å². The van der Waals surface area contributed by atoms with Gasteiger partial charge in [-0.15, -0.1) is 0 Å². The SMILES string of the molecule is Cc1ccc(N2CC(CNS(=O)(=O)c3ccccc3F)CC2=O)cc1. The van der Waals surface area contributed by atoms with E-state index >= 15 is 0 Å². The number of halogens is 1. The van der Waals surface area contributed by atoms with Gasteiger partial charge < -0.3 is 4.90 Å². The molecule has 7 heteroatoms. The Hall–Kier alpha value is -2.25. The molecule has 1 N–H and O–H groups in total. The quantitative estimate of drug-likeness (QED) is 0.889. The molecule has 0 aliphatic carbocycles. The molecule has 5 nitrogen and oxygen atoms in total. The van der Waals surface area contributed by atoms with Crippen LogP contribution in [0.4, 0.5) is 10.1 Å². The van der Waals surface area contributed by atoms with Gasteiger partial charge in [0.1, 0.15) is 10.7 Å². The number of rotatable bonds is 5. The minimum Gasteiger partial charge on any atom is -0.312 e. The van der Waals surface area contributed by atoms with Crippen molar-refractivity contribution in [2.75, 3.05) is 18.0 Å². The molecule has 1 amide bonds. The molecular weight excluding hydrogens is 343 g/mol. The lowest BCUT2D eigenvalue weighted by atomic mass is 10.1. The zero-order valence-corrected chi connectivity index (χ0v) is 14.6. The number of carbonyl (C=O) groups excluding carboxylic acids is 1. The number of aryl methyl sites for hydroxylation is 1. The van der Waals surface area contributed by atoms with Crippen LogP contribution in [0.1, 0.15) is 12.0 Å². The summed E-state index contributed by atoms with van der Waals surface area (Å²) < 4.78 is 40.6. The number of nitrogens with zero attached hydrogens (tertiary/aromatic N) is 1. The number of amides is 1. The van der Waals surface area contributed by atoms with Gasteiger partial charge in [0.2, 0.25) is 15.9 Å². The zero-order valence-electron chi connectivity index (χ0n) is 13.8. The third-order valence-electron chi connectivity index (χ3n) is 4.24. The van der Waals surface area contributed by atoms with Crippen molar-refractivity contribution in [3.8, 4) is 0 Å². The highest BCUT2D eigenvalue weighted by atomic mass is 32.2. The van der Waals surface area contributed by atoms with Crippen molar-refractivity contribution in [3.63, 3.8) is 0 Å². The monoisotopic (exact) mass is 362 g/mol. The van der Waals surface area contributed by atoms with E-state index in [0.717, 1.165) is 17.3 Å². The van der Waals surface area contributed by atoms with E-state index in [1.54, 1.807) is 4.90 Å². The van der Waals surface area contributed by atoms with Gasteiger partial charge in [-0.05, 0) is 37.1 Å². The van der Waals surface area contributed by atoms with Crippen LogP contribution < -0.4 is 9.62 Å². The number of hydrogen-bond donors (Lipinski definition) is 1. The standard InChI is InChI=1S/C18H19FN2O3S/c1-13-6-8-15(9-7-13)21-12-14(10-18(21)22)11-20-25(23,24)17-5-3-2-4-16(17)19/h2-9,14,20H,10-12H2,1H3. The van der Waals surface area contributed by atoms with E-state index < -0.39 is 15.8 Å². The average molecular weight is 362 g/mol. The molecule has 1 aliphatic rings. The van der Waals surface area contributed by atoms with Crippen LogP contribution in [0.3, 0.4) is 0 Å². The first kappa shape index (κ1) is 17.6. The maximum atomic E-state index is 13.7. The summed E-state index contributed by atoms with van der Waals surface area (Å²) >= 11 is 0. The Kier molecular flexibility index (Phi) is 4.87. The molecule has 1 saturated heterocycles. The number of nitrogens with one attached hydrogen (secondary N) is 1. The van der Waals surface area contributed by atoms with Crippen LogP contribution in [-0.2, 0) is 14.8 Å². The third kappa shape index (κ3) is 3.88. The van der Waals surface area contributed by atoms with Crippen LogP contribution in [0.2, 0.25) is 0 Å². The van der Waals surface area contributed by atoms with E-state index in [1.165, 1.54) is 18.2 Å². The first-order valence-corrected chi connectivity index (χ1v) is 9.46. The molecule has 25 heavy (non-hydrogen) atoms. The molecular formula is C18H19FN2O3S. The van der Waals surface area contributed by atoms with Crippen LogP contribution in [0, 0.1) is 18.7 Å². The van der Waals surface area contributed by atoms with Crippen molar-refractivity contribution in [1.29, 1.82) is 0 Å². The third-order valence-corrected chi connectivity index (χ3v) is 5.70. The lowest BCUT2D eigenvalue weighted by Gasteiger charge is -2.17. The highest BCUT2D eigenvalue weighted by Crippen LogP contribution is 2.25. The van der Waals surface area contributed by atoms with Gasteiger partial charge in [-0.25, -0.2) is 17.5 Å². The summed E-state index contributed by atoms with van der Waals surface area (Å²) in [5.74, 6) is -0.993. The smallest absolute Gasteiger partial charge is 0.243 e. The fraction of sp³-hybridized carbons (Fsp3) is 0.278. The van der Waals surface area contributed by atoms with Crippen LogP contribution in [0.25, 0.3) is 0 Å². The normalized spacial score (nSPS) is 17.9. The molecule has 0 radical (unpaired) electrons. The number of benzene rings is 2. The fourth-order valence-corrected chi connectivity index (χ4v) is 4.05. The number of carbonyl (C=O) groups is 1. The van der Waals surface area contributed by atoms with Gasteiger partial charge in [0, 0.05) is 25.2 Å². The van der Waals surface area contributed by atoms with Crippen molar-refractivity contribution < 1.29 is 17.6 Å². The van der Waals surface area contributed by atoms with Crippen molar-refractivity contribution in [1.82, 2.24) is 4.72 Å². The van der Waals surface area contributed by atoms with Gasteiger partial charge in [0.15, 0.2) is 0 Å². The number of hydrogen-bond acceptors (Lipinski definition) is 3. The van der Waals surface area contributed by atoms with E-state index in [1.807, 2.05) is 31.2 Å². The van der Waals surface area contributed by atoms with E-state index in [2.05, 4.69) is 4.72 Å². The molecule has 1 aliphatic heterocycles. The predicted molar refractivity (Wildman–Crippen MR) is 93.2 cm³/mol. The van der Waals surface area contributed by atoms with Crippen molar-refractivity contribution in [2.45, 2.75) is 18.2 Å². The summed E-state index contributed by atoms with van der Waals surface area (Å²) in [6.45, 7) is 2.49. The largest absolute Gasteiger partial charge is 0.312 e. The maximum absolute atomic E-state index is 13.7. The van der Waals surface area contributed by atoms with Gasteiger partial charge in [0.25, 0.3) is 0 Å². The van der Waals surface area contributed by atoms with E-state index in [-0.39, 0.29) is 29.7 Å². The van der Waals surface area contributed by atoms with E-state index in [9.17, 15) is 17.6 Å². The number of sulfonamides is 1. The first-order chi connectivity index (χ1) is 11.9. The second-order valence-electron chi connectivity index (χ2n) is 6.19. The second kappa shape index (κ2) is 6.93. The number of anilines is 1. The van der Waals surface area contributed by atoms with Crippen LogP contribution >= 0.6 is 0 Å². The highest BCUT2D eigenvalue weighted by molar-refractivity contribution is 7.89. The van der Waals surface area contributed by atoms with Crippen molar-refractivity contribution in [3.05, 3.63) is 59.9 Å².